The molecule has 6 nitrogen and oxygen atoms in total. The first-order valence-corrected chi connectivity index (χ1v) is 13.7. The molecule has 3 aromatic rings. The molecule has 0 aliphatic carbocycles. The van der Waals surface area contributed by atoms with E-state index in [-0.39, 0.29) is 23.9 Å². The van der Waals surface area contributed by atoms with Gasteiger partial charge >= 0.3 is 5.97 Å². The van der Waals surface area contributed by atoms with Gasteiger partial charge in [-0.25, -0.2) is 4.79 Å². The van der Waals surface area contributed by atoms with Crippen molar-refractivity contribution >= 4 is 75.2 Å². The molecule has 5 rings (SSSR count). The molecule has 1 amide bonds. The summed E-state index contributed by atoms with van der Waals surface area (Å²) in [5, 5.41) is 1.87. The highest BCUT2D eigenvalue weighted by molar-refractivity contribution is 7.17. The molecule has 5 heterocycles. The zero-order chi connectivity index (χ0) is 24.7. The molecule has 35 heavy (non-hydrogen) atoms. The second-order valence-electron chi connectivity index (χ2n) is 7.75. The van der Waals surface area contributed by atoms with Gasteiger partial charge in [0.1, 0.15) is 11.3 Å². The van der Waals surface area contributed by atoms with E-state index in [0.717, 1.165) is 20.9 Å². The smallest absolute Gasteiger partial charge is 0.340 e. The molecule has 2 aliphatic rings. The lowest BCUT2D eigenvalue weighted by Gasteiger charge is -2.38. The van der Waals surface area contributed by atoms with Crippen LogP contribution in [0.4, 0.5) is 0 Å². The number of hydrogen-bond donors (Lipinski definition) is 1. The van der Waals surface area contributed by atoms with Crippen molar-refractivity contribution in [2.24, 2.45) is 5.73 Å². The van der Waals surface area contributed by atoms with E-state index in [9.17, 15) is 9.59 Å². The zero-order valence-corrected chi connectivity index (χ0v) is 22.2. The summed E-state index contributed by atoms with van der Waals surface area (Å²) in [6, 6.07) is 11.0. The lowest BCUT2D eigenvalue weighted by atomic mass is 9.83. The molecule has 0 fully saturated rings. The summed E-state index contributed by atoms with van der Waals surface area (Å²) in [5.41, 5.74) is 7.98. The summed E-state index contributed by atoms with van der Waals surface area (Å²) in [4.78, 5) is 30.3. The van der Waals surface area contributed by atoms with E-state index in [2.05, 4.69) is 0 Å². The highest BCUT2D eigenvalue weighted by atomic mass is 35.5. The van der Waals surface area contributed by atoms with Crippen LogP contribution in [0.3, 0.4) is 0 Å². The maximum atomic E-state index is 13.4. The van der Waals surface area contributed by atoms with Crippen molar-refractivity contribution in [3.63, 3.8) is 0 Å². The van der Waals surface area contributed by atoms with Crippen molar-refractivity contribution in [1.29, 1.82) is 0 Å². The Kier molecular flexibility index (Phi) is 6.78. The van der Waals surface area contributed by atoms with Crippen LogP contribution in [0.1, 0.15) is 25.3 Å². The SMILES string of the molecule is COC(=O)C1=C(N)OC2=C(CN(C(=O)c3cccs3)C/C2=C\c2ccc(Cl)s2)C1c1ccc(Cl)s1. The minimum Gasteiger partial charge on any atom is -0.465 e. The van der Waals surface area contributed by atoms with Gasteiger partial charge in [-0.05, 0) is 41.8 Å². The summed E-state index contributed by atoms with van der Waals surface area (Å²) >= 11 is 16.6. The fraction of sp³-hybridized carbons (Fsp3) is 0.167. The molecule has 180 valence electrons. The van der Waals surface area contributed by atoms with Crippen LogP contribution in [0, 0.1) is 0 Å². The van der Waals surface area contributed by atoms with Crippen LogP contribution in [-0.4, -0.2) is 37.0 Å². The van der Waals surface area contributed by atoms with Crippen molar-refractivity contribution in [3.05, 3.63) is 93.4 Å². The Balaban J connectivity index is 1.67. The van der Waals surface area contributed by atoms with Crippen molar-refractivity contribution in [3.8, 4) is 0 Å². The number of halogens is 2. The Morgan fingerprint density at radius 3 is 2.54 bits per heavy atom. The van der Waals surface area contributed by atoms with Crippen molar-refractivity contribution < 1.29 is 19.1 Å². The van der Waals surface area contributed by atoms with Gasteiger partial charge in [-0.15, -0.1) is 34.0 Å². The summed E-state index contributed by atoms with van der Waals surface area (Å²) in [5.74, 6) is -0.756. The summed E-state index contributed by atoms with van der Waals surface area (Å²) < 4.78 is 12.3. The monoisotopic (exact) mass is 564 g/mol. The largest absolute Gasteiger partial charge is 0.465 e. The van der Waals surface area contributed by atoms with Gasteiger partial charge in [0.2, 0.25) is 5.88 Å². The number of hydrogen-bond acceptors (Lipinski definition) is 8. The molecule has 2 N–H and O–H groups in total. The number of nitrogens with two attached hydrogens (primary N) is 1. The molecule has 0 saturated carbocycles. The number of amides is 1. The third-order valence-electron chi connectivity index (χ3n) is 5.63. The van der Waals surface area contributed by atoms with Gasteiger partial charge in [0.05, 0.1) is 33.1 Å². The lowest BCUT2D eigenvalue weighted by molar-refractivity contribution is -0.136. The molecule has 2 aliphatic heterocycles. The minimum absolute atomic E-state index is 0.0294. The Morgan fingerprint density at radius 2 is 1.91 bits per heavy atom. The second-order valence-corrected chi connectivity index (χ2v) is 12.2. The van der Waals surface area contributed by atoms with Crippen LogP contribution in [0.15, 0.2) is 70.1 Å². The number of nitrogens with zero attached hydrogens (tertiary/aromatic N) is 1. The normalized spacial score (nSPS) is 19.1. The summed E-state index contributed by atoms with van der Waals surface area (Å²) in [7, 11) is 1.30. The first kappa shape index (κ1) is 24.1. The third-order valence-corrected chi connectivity index (χ3v) is 8.97. The van der Waals surface area contributed by atoms with Gasteiger partial charge in [-0.2, -0.15) is 0 Å². The number of ether oxygens (including phenoxy) is 2. The Hall–Kier alpha value is -2.56. The van der Waals surface area contributed by atoms with Gasteiger partial charge in [0.15, 0.2) is 0 Å². The average Bonchev–Trinajstić information content (AvgIpc) is 3.60. The van der Waals surface area contributed by atoms with Crippen LogP contribution in [0.2, 0.25) is 8.67 Å². The minimum atomic E-state index is -0.596. The molecule has 0 aromatic carbocycles. The summed E-state index contributed by atoms with van der Waals surface area (Å²) in [6.07, 6.45) is 1.94. The van der Waals surface area contributed by atoms with Crippen LogP contribution >= 0.6 is 57.2 Å². The molecule has 1 unspecified atom stereocenters. The predicted octanol–water partition coefficient (Wildman–Crippen LogP) is 6.13. The number of esters is 1. The van der Waals surface area contributed by atoms with Crippen LogP contribution in [-0.2, 0) is 14.3 Å². The number of carbonyl (C=O) groups excluding carboxylic acids is 2. The first-order chi connectivity index (χ1) is 16.9. The van der Waals surface area contributed by atoms with Crippen LogP contribution in [0.25, 0.3) is 6.08 Å². The van der Waals surface area contributed by atoms with Gasteiger partial charge < -0.3 is 20.1 Å². The average molecular weight is 566 g/mol. The maximum absolute atomic E-state index is 13.4. The Morgan fingerprint density at radius 1 is 1.14 bits per heavy atom. The number of methoxy groups -OCH3 is 1. The maximum Gasteiger partial charge on any atom is 0.340 e. The fourth-order valence-corrected chi connectivity index (χ4v) is 7.09. The molecule has 0 spiro atoms. The molecule has 0 bridgehead atoms. The van der Waals surface area contributed by atoms with Gasteiger partial charge in [-0.3, -0.25) is 4.79 Å². The molecule has 0 radical (unpaired) electrons. The van der Waals surface area contributed by atoms with E-state index in [1.807, 2.05) is 35.7 Å². The molecular formula is C24H18Cl2N2O4S3. The first-order valence-electron chi connectivity index (χ1n) is 10.4. The number of carbonyl (C=O) groups is 2. The van der Waals surface area contributed by atoms with E-state index < -0.39 is 11.9 Å². The molecule has 1 atom stereocenters. The molecular weight excluding hydrogens is 547 g/mol. The van der Waals surface area contributed by atoms with Crippen LogP contribution in [0.5, 0.6) is 0 Å². The second kappa shape index (κ2) is 9.83. The summed E-state index contributed by atoms with van der Waals surface area (Å²) in [6.45, 7) is 0.562. The van der Waals surface area contributed by atoms with Gasteiger partial charge in [-0.1, -0.05) is 29.3 Å². The lowest BCUT2D eigenvalue weighted by Crippen LogP contribution is -2.42. The van der Waals surface area contributed by atoms with Gasteiger partial charge in [0.25, 0.3) is 5.91 Å². The van der Waals surface area contributed by atoms with Crippen molar-refractivity contribution in [2.45, 2.75) is 5.92 Å². The van der Waals surface area contributed by atoms with E-state index in [4.69, 9.17) is 38.4 Å². The zero-order valence-electron chi connectivity index (χ0n) is 18.2. The van der Waals surface area contributed by atoms with E-state index in [0.29, 0.717) is 25.9 Å². The van der Waals surface area contributed by atoms with E-state index in [1.54, 1.807) is 17.0 Å². The third kappa shape index (κ3) is 4.66. The fourth-order valence-electron chi connectivity index (χ4n) is 4.17. The standard InChI is InChI=1S/C24H18Cl2N2O4S3/c1-31-24(30)20-19(15-5-7-18(26)35-15)14-11-28(23(29)16-3-2-8-33-16)10-12(21(14)32-22(20)27)9-13-4-6-17(25)34-13/h2-9,19H,10-11,27H2,1H3/b12-9+. The number of rotatable bonds is 4. The van der Waals surface area contributed by atoms with E-state index in [1.165, 1.54) is 41.1 Å². The number of thiophene rings is 3. The van der Waals surface area contributed by atoms with E-state index >= 15 is 0 Å². The highest BCUT2D eigenvalue weighted by Crippen LogP contribution is 2.47. The molecule has 11 heteroatoms. The molecule has 0 saturated heterocycles. The quantitative estimate of drug-likeness (QED) is 0.385. The van der Waals surface area contributed by atoms with Crippen molar-refractivity contribution in [2.75, 3.05) is 20.2 Å². The highest BCUT2D eigenvalue weighted by Gasteiger charge is 2.42. The molecule has 3 aromatic heterocycles. The van der Waals surface area contributed by atoms with Crippen molar-refractivity contribution in [1.82, 2.24) is 4.90 Å². The Labute approximate surface area is 223 Å². The predicted molar refractivity (Wildman–Crippen MR) is 141 cm³/mol. The van der Waals surface area contributed by atoms with Crippen LogP contribution < -0.4 is 5.73 Å². The topological polar surface area (TPSA) is 81.9 Å². The van der Waals surface area contributed by atoms with Gasteiger partial charge in [0, 0.05) is 27.4 Å². The Bertz CT molecular complexity index is 1400.